The molecule has 16 heavy (non-hydrogen) atoms. The Morgan fingerprint density at radius 3 is 2.25 bits per heavy atom. The van der Waals surface area contributed by atoms with Crippen LogP contribution >= 0.6 is 0 Å². The molecule has 2 heteroatoms. The van der Waals surface area contributed by atoms with Crippen LogP contribution in [-0.4, -0.2) is 5.11 Å². The maximum Gasteiger partial charge on any atom is 0.103 e. The zero-order valence-corrected chi connectivity index (χ0v) is 10.2. The summed E-state index contributed by atoms with van der Waals surface area (Å²) in [5.41, 5.74) is 0.998. The maximum absolute atomic E-state index is 10.4. The van der Waals surface area contributed by atoms with Gasteiger partial charge >= 0.3 is 0 Å². The summed E-state index contributed by atoms with van der Waals surface area (Å²) in [5, 5.41) is 19.4. The van der Waals surface area contributed by atoms with Gasteiger partial charge in [0.05, 0.1) is 12.0 Å². The van der Waals surface area contributed by atoms with Gasteiger partial charge in [-0.25, -0.2) is 0 Å². The summed E-state index contributed by atoms with van der Waals surface area (Å²) >= 11 is 0. The topological polar surface area (TPSA) is 44.0 Å². The average molecular weight is 217 g/mol. The van der Waals surface area contributed by atoms with Gasteiger partial charge in [0, 0.05) is 0 Å². The predicted molar refractivity (Wildman–Crippen MR) is 64.8 cm³/mol. The quantitative estimate of drug-likeness (QED) is 0.842. The van der Waals surface area contributed by atoms with Crippen LogP contribution in [0, 0.1) is 17.2 Å². The van der Waals surface area contributed by atoms with E-state index in [1.165, 1.54) is 5.56 Å². The predicted octanol–water partition coefficient (Wildman–Crippen LogP) is 3.01. The molecule has 0 heterocycles. The Morgan fingerprint density at radius 1 is 1.31 bits per heavy atom. The van der Waals surface area contributed by atoms with Gasteiger partial charge in [-0.15, -0.1) is 0 Å². The Balaban J connectivity index is 3.02. The van der Waals surface area contributed by atoms with E-state index in [1.807, 2.05) is 31.2 Å². The van der Waals surface area contributed by atoms with Crippen molar-refractivity contribution in [2.45, 2.75) is 39.2 Å². The van der Waals surface area contributed by atoms with Gasteiger partial charge in [-0.3, -0.25) is 0 Å². The summed E-state index contributed by atoms with van der Waals surface area (Å²) in [6.45, 7) is 5.73. The highest BCUT2D eigenvalue weighted by atomic mass is 16.3. The first kappa shape index (κ1) is 12.7. The molecule has 1 N–H and O–H groups in total. The van der Waals surface area contributed by atoms with E-state index in [9.17, 15) is 5.11 Å². The van der Waals surface area contributed by atoms with Crippen LogP contribution in [0.5, 0.6) is 0 Å². The molecule has 0 fully saturated rings. The second kappa shape index (κ2) is 5.14. The van der Waals surface area contributed by atoms with E-state index < -0.39 is 5.60 Å². The van der Waals surface area contributed by atoms with Crippen molar-refractivity contribution in [3.8, 4) is 6.07 Å². The summed E-state index contributed by atoms with van der Waals surface area (Å²) in [5.74, 6) is -0.361. The van der Waals surface area contributed by atoms with Crippen LogP contribution in [0.15, 0.2) is 24.3 Å². The first-order valence-corrected chi connectivity index (χ1v) is 5.77. The summed E-state index contributed by atoms with van der Waals surface area (Å²) < 4.78 is 0. The molecule has 0 bridgehead atoms. The van der Waals surface area contributed by atoms with E-state index >= 15 is 0 Å². The summed E-state index contributed by atoms with van der Waals surface area (Å²) in [6.07, 6.45) is 1.64. The van der Waals surface area contributed by atoms with Crippen LogP contribution in [0.3, 0.4) is 0 Å². The van der Waals surface area contributed by atoms with Crippen molar-refractivity contribution < 1.29 is 5.11 Å². The summed E-state index contributed by atoms with van der Waals surface area (Å²) in [7, 11) is 0. The SMILES string of the molecule is CCc1ccc(C(C)(O)C(C#N)CC)cc1. The van der Waals surface area contributed by atoms with Crippen molar-refractivity contribution in [3.05, 3.63) is 35.4 Å². The molecule has 0 saturated heterocycles. The molecule has 0 aliphatic rings. The van der Waals surface area contributed by atoms with Gasteiger partial charge in [-0.2, -0.15) is 5.26 Å². The van der Waals surface area contributed by atoms with Crippen LogP contribution in [-0.2, 0) is 12.0 Å². The lowest BCUT2D eigenvalue weighted by Crippen LogP contribution is -2.30. The van der Waals surface area contributed by atoms with Crippen LogP contribution in [0.4, 0.5) is 0 Å². The third kappa shape index (κ3) is 2.43. The second-order valence-corrected chi connectivity index (χ2v) is 4.29. The molecule has 2 atom stereocenters. The lowest BCUT2D eigenvalue weighted by molar-refractivity contribution is 0.0151. The summed E-state index contributed by atoms with van der Waals surface area (Å²) in [6, 6.07) is 10.0. The monoisotopic (exact) mass is 217 g/mol. The molecule has 86 valence electrons. The molecule has 1 aromatic carbocycles. The third-order valence-electron chi connectivity index (χ3n) is 3.19. The molecular weight excluding hydrogens is 198 g/mol. The van der Waals surface area contributed by atoms with Crippen molar-refractivity contribution in [1.29, 1.82) is 5.26 Å². The van der Waals surface area contributed by atoms with Crippen molar-refractivity contribution in [1.82, 2.24) is 0 Å². The van der Waals surface area contributed by atoms with Gasteiger partial charge in [0.2, 0.25) is 0 Å². The van der Waals surface area contributed by atoms with E-state index in [1.54, 1.807) is 6.92 Å². The molecule has 0 radical (unpaired) electrons. The Morgan fingerprint density at radius 2 is 1.88 bits per heavy atom. The fraction of sp³-hybridized carbons (Fsp3) is 0.500. The largest absolute Gasteiger partial charge is 0.384 e. The van der Waals surface area contributed by atoms with E-state index in [0.717, 1.165) is 12.0 Å². The van der Waals surface area contributed by atoms with Crippen molar-refractivity contribution >= 4 is 0 Å². The number of nitrogens with zero attached hydrogens (tertiary/aromatic N) is 1. The van der Waals surface area contributed by atoms with Crippen molar-refractivity contribution in [3.63, 3.8) is 0 Å². The van der Waals surface area contributed by atoms with E-state index in [2.05, 4.69) is 13.0 Å². The Kier molecular flexibility index (Phi) is 4.09. The van der Waals surface area contributed by atoms with E-state index in [4.69, 9.17) is 5.26 Å². The lowest BCUT2D eigenvalue weighted by atomic mass is 9.82. The number of nitriles is 1. The van der Waals surface area contributed by atoms with Crippen LogP contribution in [0.1, 0.15) is 38.3 Å². The van der Waals surface area contributed by atoms with Crippen LogP contribution in [0.25, 0.3) is 0 Å². The third-order valence-corrected chi connectivity index (χ3v) is 3.19. The molecule has 0 aliphatic carbocycles. The van der Waals surface area contributed by atoms with Crippen molar-refractivity contribution in [2.75, 3.05) is 0 Å². The zero-order valence-electron chi connectivity index (χ0n) is 10.2. The number of hydrogen-bond donors (Lipinski definition) is 1. The van der Waals surface area contributed by atoms with Gasteiger partial charge in [-0.05, 0) is 30.9 Å². The Bertz CT molecular complexity index is 373. The standard InChI is InChI=1S/C14H19NO/c1-4-11-6-8-13(9-7-11)14(3,16)12(5-2)10-15/h6-9,12,16H,4-5H2,1-3H3. The fourth-order valence-corrected chi connectivity index (χ4v) is 1.89. The minimum absolute atomic E-state index is 0.361. The highest BCUT2D eigenvalue weighted by Gasteiger charge is 2.32. The Hall–Kier alpha value is -1.33. The molecule has 0 aliphatic heterocycles. The highest BCUT2D eigenvalue weighted by Crippen LogP contribution is 2.31. The van der Waals surface area contributed by atoms with E-state index in [-0.39, 0.29) is 5.92 Å². The van der Waals surface area contributed by atoms with Gasteiger partial charge in [0.15, 0.2) is 0 Å². The molecule has 0 spiro atoms. The number of rotatable bonds is 4. The summed E-state index contributed by atoms with van der Waals surface area (Å²) in [4.78, 5) is 0. The van der Waals surface area contributed by atoms with Gasteiger partial charge in [-0.1, -0.05) is 38.1 Å². The smallest absolute Gasteiger partial charge is 0.103 e. The number of aryl methyl sites for hydroxylation is 1. The number of benzene rings is 1. The highest BCUT2D eigenvalue weighted by molar-refractivity contribution is 5.28. The molecule has 2 nitrogen and oxygen atoms in total. The molecule has 2 unspecified atom stereocenters. The molecule has 0 aromatic heterocycles. The molecular formula is C14H19NO. The van der Waals surface area contributed by atoms with Gasteiger partial charge in [0.1, 0.15) is 5.60 Å². The first-order chi connectivity index (χ1) is 7.56. The molecule has 0 amide bonds. The Labute approximate surface area is 97.5 Å². The first-order valence-electron chi connectivity index (χ1n) is 5.77. The number of aliphatic hydroxyl groups is 1. The van der Waals surface area contributed by atoms with Gasteiger partial charge < -0.3 is 5.11 Å². The molecule has 1 aromatic rings. The van der Waals surface area contributed by atoms with Gasteiger partial charge in [0.25, 0.3) is 0 Å². The fourth-order valence-electron chi connectivity index (χ4n) is 1.89. The average Bonchev–Trinajstić information content (AvgIpc) is 2.30. The second-order valence-electron chi connectivity index (χ2n) is 4.29. The molecule has 0 saturated carbocycles. The van der Waals surface area contributed by atoms with Crippen LogP contribution in [0.2, 0.25) is 0 Å². The zero-order chi connectivity index (χ0) is 12.2. The van der Waals surface area contributed by atoms with Crippen LogP contribution < -0.4 is 0 Å². The van der Waals surface area contributed by atoms with E-state index in [0.29, 0.717) is 6.42 Å². The minimum Gasteiger partial charge on any atom is -0.384 e. The van der Waals surface area contributed by atoms with Crippen molar-refractivity contribution in [2.24, 2.45) is 5.92 Å². The minimum atomic E-state index is -1.06. The lowest BCUT2D eigenvalue weighted by Gasteiger charge is -2.28. The molecule has 1 rings (SSSR count). The normalized spacial score (nSPS) is 16.2. The maximum atomic E-state index is 10.4. The number of hydrogen-bond acceptors (Lipinski definition) is 2.